The molecule has 160 valence electrons. The van der Waals surface area contributed by atoms with Gasteiger partial charge >= 0.3 is 5.97 Å². The molecule has 0 bridgehead atoms. The van der Waals surface area contributed by atoms with Gasteiger partial charge < -0.3 is 19.4 Å². The van der Waals surface area contributed by atoms with Gasteiger partial charge in [0.2, 0.25) is 11.2 Å². The number of rotatable bonds is 4. The number of halogens is 2. The first-order valence-electron chi connectivity index (χ1n) is 9.26. The van der Waals surface area contributed by atoms with Crippen molar-refractivity contribution in [1.29, 1.82) is 0 Å². The average molecular weight is 469 g/mol. The van der Waals surface area contributed by atoms with Crippen molar-refractivity contribution in [3.8, 4) is 28.6 Å². The zero-order valence-electron chi connectivity index (χ0n) is 16.2. The lowest BCUT2D eigenvalue weighted by molar-refractivity contribution is -0.129. The van der Waals surface area contributed by atoms with Crippen LogP contribution >= 0.6 is 23.2 Å². The summed E-state index contributed by atoms with van der Waals surface area (Å²) in [6.07, 6.45) is 2.45. The molecule has 0 spiro atoms. The maximum Gasteiger partial charge on any atom is 0.336 e. The maximum absolute atomic E-state index is 13.1. The van der Waals surface area contributed by atoms with Gasteiger partial charge in [0.1, 0.15) is 5.58 Å². The highest BCUT2D eigenvalue weighted by Gasteiger charge is 2.20. The van der Waals surface area contributed by atoms with E-state index in [1.807, 2.05) is 0 Å². The minimum atomic E-state index is -0.846. The van der Waals surface area contributed by atoms with Gasteiger partial charge in [0.25, 0.3) is 0 Å². The Labute approximate surface area is 191 Å². The molecule has 3 aromatic carbocycles. The number of benzene rings is 3. The van der Waals surface area contributed by atoms with Crippen molar-refractivity contribution in [2.45, 2.75) is 0 Å². The van der Waals surface area contributed by atoms with Crippen molar-refractivity contribution in [3.63, 3.8) is 0 Å². The Morgan fingerprint density at radius 1 is 0.938 bits per heavy atom. The van der Waals surface area contributed by atoms with Crippen LogP contribution in [0.25, 0.3) is 28.4 Å². The summed E-state index contributed by atoms with van der Waals surface area (Å²) in [6, 6.07) is 15.2. The molecule has 6 nitrogen and oxygen atoms in total. The van der Waals surface area contributed by atoms with Crippen LogP contribution in [0, 0.1) is 0 Å². The Morgan fingerprint density at radius 2 is 1.72 bits per heavy atom. The minimum Gasteiger partial charge on any atom is -0.504 e. The highest BCUT2D eigenvalue weighted by Crippen LogP contribution is 2.34. The predicted molar refractivity (Wildman–Crippen MR) is 122 cm³/mol. The van der Waals surface area contributed by atoms with E-state index in [4.69, 9.17) is 32.4 Å². The van der Waals surface area contributed by atoms with E-state index < -0.39 is 11.4 Å². The molecule has 0 radical (unpaired) electrons. The Kier molecular flexibility index (Phi) is 5.90. The lowest BCUT2D eigenvalue weighted by Gasteiger charge is -2.10. The summed E-state index contributed by atoms with van der Waals surface area (Å²) in [5.74, 6) is -1.74. The number of fused-ring (bicyclic) bond motifs is 1. The van der Waals surface area contributed by atoms with Crippen LogP contribution < -0.4 is 10.2 Å². The number of hydrogen-bond donors (Lipinski definition) is 2. The van der Waals surface area contributed by atoms with Gasteiger partial charge in [-0.3, -0.25) is 4.79 Å². The molecule has 0 amide bonds. The van der Waals surface area contributed by atoms with Crippen molar-refractivity contribution in [3.05, 3.63) is 92.6 Å². The van der Waals surface area contributed by atoms with Gasteiger partial charge in [-0.05, 0) is 54.1 Å². The van der Waals surface area contributed by atoms with Gasteiger partial charge in [-0.2, -0.15) is 0 Å². The van der Waals surface area contributed by atoms with E-state index in [0.717, 1.165) is 6.08 Å². The number of hydrogen-bond acceptors (Lipinski definition) is 6. The van der Waals surface area contributed by atoms with Gasteiger partial charge in [0.05, 0.1) is 15.4 Å². The molecule has 4 rings (SSSR count). The van der Waals surface area contributed by atoms with Crippen molar-refractivity contribution in [2.24, 2.45) is 0 Å². The highest BCUT2D eigenvalue weighted by atomic mass is 35.5. The molecule has 0 aliphatic heterocycles. The highest BCUT2D eigenvalue weighted by molar-refractivity contribution is 6.42. The number of ether oxygens (including phenoxy) is 1. The molecule has 0 aliphatic carbocycles. The number of aromatic hydroxyl groups is 2. The molecule has 0 atom stereocenters. The smallest absolute Gasteiger partial charge is 0.336 e. The first-order valence-corrected chi connectivity index (χ1v) is 10.0. The van der Waals surface area contributed by atoms with Crippen LogP contribution in [-0.4, -0.2) is 16.2 Å². The van der Waals surface area contributed by atoms with E-state index in [0.29, 0.717) is 21.7 Å². The van der Waals surface area contributed by atoms with Crippen LogP contribution in [0.1, 0.15) is 5.56 Å². The lowest BCUT2D eigenvalue weighted by atomic mass is 10.1. The topological polar surface area (TPSA) is 97.0 Å². The predicted octanol–water partition coefficient (Wildman–Crippen LogP) is 5.80. The fraction of sp³-hybridized carbons (Fsp3) is 0. The SMILES string of the molecule is O=C(/C=C/c1ccc(O)c(O)c1)Oc1c(-c2ccc(Cl)c(Cl)c2)oc2ccccc2c1=O. The van der Waals surface area contributed by atoms with E-state index in [9.17, 15) is 19.8 Å². The van der Waals surface area contributed by atoms with Gasteiger partial charge in [-0.15, -0.1) is 0 Å². The standard InChI is InChI=1S/C24H14Cl2O6/c25-16-8-7-14(12-17(16)26)23-24(22(30)15-3-1-2-4-20(15)31-23)32-21(29)10-6-13-5-9-18(27)19(28)11-13/h1-12,27-28H/b10-6+. The van der Waals surface area contributed by atoms with E-state index in [1.54, 1.807) is 30.3 Å². The van der Waals surface area contributed by atoms with Crippen LogP contribution in [0.5, 0.6) is 17.2 Å². The van der Waals surface area contributed by atoms with Crippen LogP contribution in [0.2, 0.25) is 10.0 Å². The summed E-state index contributed by atoms with van der Waals surface area (Å²) in [5.41, 5.74) is 0.621. The number of carbonyl (C=O) groups excluding carboxylic acids is 1. The van der Waals surface area contributed by atoms with Crippen LogP contribution in [0.4, 0.5) is 0 Å². The number of para-hydroxylation sites is 1. The second-order valence-corrected chi connectivity index (χ2v) is 7.53. The van der Waals surface area contributed by atoms with E-state index in [2.05, 4.69) is 0 Å². The molecule has 1 heterocycles. The zero-order chi connectivity index (χ0) is 22.8. The molecule has 0 saturated heterocycles. The second-order valence-electron chi connectivity index (χ2n) is 6.72. The number of phenols is 2. The summed E-state index contributed by atoms with van der Waals surface area (Å²) in [5, 5.41) is 19.7. The van der Waals surface area contributed by atoms with Crippen LogP contribution in [0.15, 0.2) is 76.0 Å². The summed E-state index contributed by atoms with van der Waals surface area (Å²) in [6.45, 7) is 0. The number of esters is 1. The molecule has 8 heteroatoms. The Bertz CT molecular complexity index is 1440. The molecule has 2 N–H and O–H groups in total. The molecule has 4 aromatic rings. The maximum atomic E-state index is 13.1. The Balaban J connectivity index is 1.76. The third-order valence-electron chi connectivity index (χ3n) is 4.55. The van der Waals surface area contributed by atoms with Crippen molar-refractivity contribution >= 4 is 46.2 Å². The molecule has 0 fully saturated rings. The lowest BCUT2D eigenvalue weighted by Crippen LogP contribution is -2.14. The zero-order valence-corrected chi connectivity index (χ0v) is 17.7. The molecular weight excluding hydrogens is 455 g/mol. The first-order chi connectivity index (χ1) is 15.3. The van der Waals surface area contributed by atoms with Crippen LogP contribution in [-0.2, 0) is 4.79 Å². The van der Waals surface area contributed by atoms with Gasteiger partial charge in [-0.25, -0.2) is 4.79 Å². The average Bonchev–Trinajstić information content (AvgIpc) is 2.78. The normalized spacial score (nSPS) is 11.2. The monoisotopic (exact) mass is 468 g/mol. The molecule has 1 aromatic heterocycles. The Morgan fingerprint density at radius 3 is 2.47 bits per heavy atom. The summed E-state index contributed by atoms with van der Waals surface area (Å²) >= 11 is 12.1. The molecule has 0 unspecified atom stereocenters. The van der Waals surface area contributed by atoms with Crippen molar-refractivity contribution in [2.75, 3.05) is 0 Å². The van der Waals surface area contributed by atoms with E-state index in [-0.39, 0.29) is 33.4 Å². The molecular formula is C24H14Cl2O6. The second kappa shape index (κ2) is 8.78. The van der Waals surface area contributed by atoms with Gasteiger partial charge in [0.15, 0.2) is 17.3 Å². The third kappa shape index (κ3) is 4.32. The summed E-state index contributed by atoms with van der Waals surface area (Å²) < 4.78 is 11.2. The molecule has 0 aliphatic rings. The van der Waals surface area contributed by atoms with Gasteiger partial charge in [0, 0.05) is 11.6 Å². The van der Waals surface area contributed by atoms with E-state index >= 15 is 0 Å². The quantitative estimate of drug-likeness (QED) is 0.223. The van der Waals surface area contributed by atoms with Gasteiger partial charge in [-0.1, -0.05) is 41.4 Å². The summed E-state index contributed by atoms with van der Waals surface area (Å²) in [7, 11) is 0. The van der Waals surface area contributed by atoms with Crippen molar-refractivity contribution in [1.82, 2.24) is 0 Å². The van der Waals surface area contributed by atoms with E-state index in [1.165, 1.54) is 36.4 Å². The fourth-order valence-electron chi connectivity index (χ4n) is 2.99. The first kappa shape index (κ1) is 21.5. The number of carbonyl (C=O) groups is 1. The molecule has 0 saturated carbocycles. The van der Waals surface area contributed by atoms with Crippen LogP contribution in [0.3, 0.4) is 0 Å². The molecule has 32 heavy (non-hydrogen) atoms. The van der Waals surface area contributed by atoms with Crippen molar-refractivity contribution < 1.29 is 24.2 Å². The summed E-state index contributed by atoms with van der Waals surface area (Å²) in [4.78, 5) is 25.6. The largest absolute Gasteiger partial charge is 0.504 e. The Hall–Kier alpha value is -3.74. The minimum absolute atomic E-state index is 0.0243. The number of phenolic OH excluding ortho intramolecular Hbond substituents is 2. The third-order valence-corrected chi connectivity index (χ3v) is 5.29. The fourth-order valence-corrected chi connectivity index (χ4v) is 3.29.